The van der Waals surface area contributed by atoms with Crippen LogP contribution in [-0.2, 0) is 14.4 Å². The Bertz CT molecular complexity index is 948. The Morgan fingerprint density at radius 2 is 1.90 bits per heavy atom. The van der Waals surface area contributed by atoms with E-state index in [1.807, 2.05) is 25.1 Å². The van der Waals surface area contributed by atoms with E-state index < -0.39 is 6.10 Å². The summed E-state index contributed by atoms with van der Waals surface area (Å²) in [4.78, 5) is 40.9. The van der Waals surface area contributed by atoms with Crippen LogP contribution in [0.3, 0.4) is 0 Å². The fourth-order valence-electron chi connectivity index (χ4n) is 3.40. The average Bonchev–Trinajstić information content (AvgIpc) is 2.83. The number of ether oxygens (including phenoxy) is 1. The SMILES string of the molecule is C[C@H](Oc1ccc(Br)cc1)C(=O)N(C)CC(=O)N1c2ccccc2NC(=O)C[C@H]1C. The van der Waals surface area contributed by atoms with Gasteiger partial charge < -0.3 is 19.9 Å². The fraction of sp³-hybridized carbons (Fsp3) is 0.318. The van der Waals surface area contributed by atoms with Crippen LogP contribution in [0.25, 0.3) is 0 Å². The van der Waals surface area contributed by atoms with Crippen molar-refractivity contribution in [2.24, 2.45) is 0 Å². The molecule has 158 valence electrons. The van der Waals surface area contributed by atoms with E-state index in [1.54, 1.807) is 49.2 Å². The molecule has 1 N–H and O–H groups in total. The number of hydrogen-bond acceptors (Lipinski definition) is 4. The minimum Gasteiger partial charge on any atom is -0.481 e. The summed E-state index contributed by atoms with van der Waals surface area (Å²) in [5, 5.41) is 2.83. The Balaban J connectivity index is 1.70. The van der Waals surface area contributed by atoms with Gasteiger partial charge in [-0.3, -0.25) is 14.4 Å². The first kappa shape index (κ1) is 21.8. The van der Waals surface area contributed by atoms with E-state index in [4.69, 9.17) is 4.74 Å². The molecule has 30 heavy (non-hydrogen) atoms. The molecule has 3 rings (SSSR count). The van der Waals surface area contributed by atoms with Crippen molar-refractivity contribution < 1.29 is 19.1 Å². The minimum absolute atomic E-state index is 0.125. The quantitative estimate of drug-likeness (QED) is 0.721. The van der Waals surface area contributed by atoms with Crippen molar-refractivity contribution in [3.05, 3.63) is 53.0 Å². The van der Waals surface area contributed by atoms with Gasteiger partial charge in [0.2, 0.25) is 11.8 Å². The van der Waals surface area contributed by atoms with Gasteiger partial charge in [0, 0.05) is 24.0 Å². The molecule has 7 nitrogen and oxygen atoms in total. The molecule has 0 saturated heterocycles. The predicted octanol–water partition coefficient (Wildman–Crippen LogP) is 3.44. The summed E-state index contributed by atoms with van der Waals surface area (Å²) in [6.45, 7) is 3.35. The van der Waals surface area contributed by atoms with Crippen molar-refractivity contribution in [3.63, 3.8) is 0 Å². The molecule has 1 heterocycles. The number of carbonyl (C=O) groups is 3. The minimum atomic E-state index is -0.749. The van der Waals surface area contributed by atoms with Crippen molar-refractivity contribution >= 4 is 45.0 Å². The van der Waals surface area contributed by atoms with Gasteiger partial charge in [-0.05, 0) is 50.2 Å². The van der Waals surface area contributed by atoms with Gasteiger partial charge in [0.15, 0.2) is 6.10 Å². The number of fused-ring (bicyclic) bond motifs is 1. The molecule has 0 saturated carbocycles. The largest absolute Gasteiger partial charge is 0.481 e. The third-order valence-electron chi connectivity index (χ3n) is 4.85. The number of carbonyl (C=O) groups excluding carboxylic acids is 3. The normalized spacial score (nSPS) is 16.7. The highest BCUT2D eigenvalue weighted by molar-refractivity contribution is 9.10. The lowest BCUT2D eigenvalue weighted by Gasteiger charge is -2.30. The highest BCUT2D eigenvalue weighted by Gasteiger charge is 2.31. The zero-order valence-corrected chi connectivity index (χ0v) is 18.7. The Morgan fingerprint density at radius 1 is 1.23 bits per heavy atom. The molecular formula is C22H24BrN3O4. The Hall–Kier alpha value is -2.87. The second-order valence-corrected chi connectivity index (χ2v) is 8.21. The predicted molar refractivity (Wildman–Crippen MR) is 119 cm³/mol. The van der Waals surface area contributed by atoms with Crippen LogP contribution in [0.5, 0.6) is 5.75 Å². The Kier molecular flexibility index (Phi) is 6.77. The first-order chi connectivity index (χ1) is 14.3. The topological polar surface area (TPSA) is 79.0 Å². The molecule has 0 fully saturated rings. The number of likely N-dealkylation sites (N-methyl/N-ethyl adjacent to an activating group) is 1. The number of benzene rings is 2. The van der Waals surface area contributed by atoms with Gasteiger partial charge >= 0.3 is 0 Å². The van der Waals surface area contributed by atoms with E-state index in [0.717, 1.165) is 4.47 Å². The maximum Gasteiger partial charge on any atom is 0.263 e. The summed E-state index contributed by atoms with van der Waals surface area (Å²) in [5.41, 5.74) is 1.21. The lowest BCUT2D eigenvalue weighted by Crippen LogP contribution is -2.47. The number of nitrogens with one attached hydrogen (secondary N) is 1. The molecule has 0 aromatic heterocycles. The van der Waals surface area contributed by atoms with E-state index >= 15 is 0 Å². The maximum atomic E-state index is 13.1. The smallest absolute Gasteiger partial charge is 0.263 e. The van der Waals surface area contributed by atoms with Crippen molar-refractivity contribution in [1.82, 2.24) is 4.90 Å². The van der Waals surface area contributed by atoms with Crippen LogP contribution in [0.2, 0.25) is 0 Å². The molecule has 1 aliphatic heterocycles. The van der Waals surface area contributed by atoms with Crippen LogP contribution >= 0.6 is 15.9 Å². The van der Waals surface area contributed by atoms with Gasteiger partial charge in [0.05, 0.1) is 17.9 Å². The van der Waals surface area contributed by atoms with Crippen molar-refractivity contribution in [2.45, 2.75) is 32.4 Å². The van der Waals surface area contributed by atoms with Crippen LogP contribution < -0.4 is 15.0 Å². The summed E-state index contributed by atoms with van der Waals surface area (Å²) in [6.07, 6.45) is -0.567. The van der Waals surface area contributed by atoms with Gasteiger partial charge in [-0.1, -0.05) is 28.1 Å². The summed E-state index contributed by atoms with van der Waals surface area (Å²) in [6, 6.07) is 14.0. The van der Waals surface area contributed by atoms with E-state index in [1.165, 1.54) is 4.90 Å². The number of hydrogen-bond donors (Lipinski definition) is 1. The molecule has 0 spiro atoms. The highest BCUT2D eigenvalue weighted by atomic mass is 79.9. The lowest BCUT2D eigenvalue weighted by atomic mass is 10.1. The van der Waals surface area contributed by atoms with Gasteiger partial charge in [-0.15, -0.1) is 0 Å². The molecule has 0 aliphatic carbocycles. The molecular weight excluding hydrogens is 450 g/mol. The number of halogens is 1. The summed E-state index contributed by atoms with van der Waals surface area (Å²) in [7, 11) is 1.57. The summed E-state index contributed by atoms with van der Waals surface area (Å²) < 4.78 is 6.61. The number of amides is 3. The number of rotatable bonds is 5. The van der Waals surface area contributed by atoms with Gasteiger partial charge in [-0.25, -0.2) is 0 Å². The molecule has 2 atom stereocenters. The van der Waals surface area contributed by atoms with E-state index in [-0.39, 0.29) is 36.7 Å². The second-order valence-electron chi connectivity index (χ2n) is 7.29. The summed E-state index contributed by atoms with van der Waals surface area (Å²) in [5.74, 6) is -0.154. The number of para-hydroxylation sites is 2. The second kappa shape index (κ2) is 9.30. The zero-order chi connectivity index (χ0) is 21.8. The lowest BCUT2D eigenvalue weighted by molar-refractivity contribution is -0.139. The van der Waals surface area contributed by atoms with Crippen LogP contribution in [0.1, 0.15) is 20.3 Å². The van der Waals surface area contributed by atoms with Gasteiger partial charge in [0.25, 0.3) is 5.91 Å². The molecule has 0 bridgehead atoms. The van der Waals surface area contributed by atoms with Crippen molar-refractivity contribution in [1.29, 1.82) is 0 Å². The monoisotopic (exact) mass is 473 g/mol. The van der Waals surface area contributed by atoms with Gasteiger partial charge in [0.1, 0.15) is 5.75 Å². The molecule has 8 heteroatoms. The first-order valence-corrected chi connectivity index (χ1v) is 10.4. The van der Waals surface area contributed by atoms with Gasteiger partial charge in [-0.2, -0.15) is 0 Å². The number of nitrogens with zero attached hydrogens (tertiary/aromatic N) is 2. The van der Waals surface area contributed by atoms with E-state index in [2.05, 4.69) is 21.2 Å². The van der Waals surface area contributed by atoms with Crippen LogP contribution in [0.4, 0.5) is 11.4 Å². The standard InChI is InChI=1S/C22H24BrN3O4/c1-14-12-20(27)24-18-6-4-5-7-19(18)26(14)21(28)13-25(3)22(29)15(2)30-17-10-8-16(23)9-11-17/h4-11,14-15H,12-13H2,1-3H3,(H,24,27)/t14-,15+/m1/s1. The maximum absolute atomic E-state index is 13.1. The molecule has 2 aromatic carbocycles. The summed E-state index contributed by atoms with van der Waals surface area (Å²) >= 11 is 3.36. The zero-order valence-electron chi connectivity index (χ0n) is 17.1. The molecule has 3 amide bonds. The Labute approximate surface area is 184 Å². The fourth-order valence-corrected chi connectivity index (χ4v) is 3.67. The third-order valence-corrected chi connectivity index (χ3v) is 5.38. The molecule has 2 aromatic rings. The first-order valence-electron chi connectivity index (χ1n) is 9.64. The van der Waals surface area contributed by atoms with Crippen molar-refractivity contribution in [2.75, 3.05) is 23.8 Å². The van der Waals surface area contributed by atoms with Crippen LogP contribution in [-0.4, -0.2) is 48.4 Å². The highest BCUT2D eigenvalue weighted by Crippen LogP contribution is 2.31. The van der Waals surface area contributed by atoms with E-state index in [9.17, 15) is 14.4 Å². The molecule has 0 radical (unpaired) electrons. The van der Waals surface area contributed by atoms with Crippen LogP contribution in [0.15, 0.2) is 53.0 Å². The molecule has 0 unspecified atom stereocenters. The van der Waals surface area contributed by atoms with E-state index in [0.29, 0.717) is 17.1 Å². The number of anilines is 2. The Morgan fingerprint density at radius 3 is 2.60 bits per heavy atom. The van der Waals surface area contributed by atoms with Crippen molar-refractivity contribution in [3.8, 4) is 5.75 Å². The third kappa shape index (κ3) is 4.99. The van der Waals surface area contributed by atoms with Crippen LogP contribution in [0, 0.1) is 0 Å². The average molecular weight is 474 g/mol. The molecule has 1 aliphatic rings.